The molecule has 34 heavy (non-hydrogen) atoms. The number of rotatable bonds is 8. The van der Waals surface area contributed by atoms with Crippen LogP contribution in [-0.2, 0) is 22.1 Å². The molecule has 0 radical (unpaired) electrons. The second-order valence-electron chi connectivity index (χ2n) is 8.68. The van der Waals surface area contributed by atoms with Crippen molar-refractivity contribution in [2.45, 2.75) is 45.4 Å². The first-order valence-corrected chi connectivity index (χ1v) is 11.5. The van der Waals surface area contributed by atoms with Gasteiger partial charge in [-0.05, 0) is 74.7 Å². The molecule has 0 aliphatic rings. The molecule has 1 heterocycles. The van der Waals surface area contributed by atoms with E-state index < -0.39 is 23.3 Å². The molecule has 0 fully saturated rings. The van der Waals surface area contributed by atoms with Gasteiger partial charge < -0.3 is 9.47 Å². The highest BCUT2D eigenvalue weighted by atomic mass is 32.1. The van der Waals surface area contributed by atoms with Crippen molar-refractivity contribution in [3.05, 3.63) is 76.7 Å². The van der Waals surface area contributed by atoms with Gasteiger partial charge in [0.2, 0.25) is 0 Å². The number of ether oxygens (including phenoxy) is 2. The van der Waals surface area contributed by atoms with E-state index in [0.717, 1.165) is 22.6 Å². The van der Waals surface area contributed by atoms with E-state index in [-0.39, 0.29) is 12.4 Å². The minimum atomic E-state index is -4.38. The lowest BCUT2D eigenvalue weighted by atomic mass is 10.1. The molecule has 0 spiro atoms. The fourth-order valence-electron chi connectivity index (χ4n) is 3.11. The topological polar surface area (TPSA) is 52.6 Å². The van der Waals surface area contributed by atoms with Crippen molar-refractivity contribution in [3.63, 3.8) is 0 Å². The molecule has 0 bridgehead atoms. The first kappa shape index (κ1) is 25.5. The summed E-state index contributed by atoms with van der Waals surface area (Å²) in [7, 11) is 0. The molecule has 0 aliphatic carbocycles. The highest BCUT2D eigenvalue weighted by Crippen LogP contribution is 2.33. The van der Waals surface area contributed by atoms with Crippen molar-refractivity contribution >= 4 is 23.1 Å². The number of thiophene rings is 1. The molecule has 8 heteroatoms. The largest absolute Gasteiger partial charge is 0.482 e. The molecule has 3 aromatic rings. The number of carbonyl (C=O) groups is 2. The van der Waals surface area contributed by atoms with Crippen LogP contribution in [0.1, 0.15) is 48.0 Å². The minimum absolute atomic E-state index is 0.0339. The number of hydrogen-bond donors (Lipinski definition) is 0. The molecule has 0 saturated heterocycles. The van der Waals surface area contributed by atoms with E-state index in [1.165, 1.54) is 23.5 Å². The number of carbonyl (C=O) groups excluding carboxylic acids is 2. The summed E-state index contributed by atoms with van der Waals surface area (Å²) in [5, 5.41) is 0. The number of hydrogen-bond acceptors (Lipinski definition) is 5. The van der Waals surface area contributed by atoms with Crippen molar-refractivity contribution in [3.8, 4) is 16.2 Å². The van der Waals surface area contributed by atoms with Crippen molar-refractivity contribution in [1.82, 2.24) is 0 Å². The summed E-state index contributed by atoms with van der Waals surface area (Å²) in [6, 6.07) is 15.5. The average molecular weight is 491 g/mol. The number of Topliss-reactive ketones (excluding diaryl/α,β-unsaturated/α-hetero) is 1. The Morgan fingerprint density at radius 1 is 0.882 bits per heavy atom. The van der Waals surface area contributed by atoms with Gasteiger partial charge in [0.15, 0.2) is 12.4 Å². The van der Waals surface area contributed by atoms with Crippen LogP contribution in [0.5, 0.6) is 5.75 Å². The van der Waals surface area contributed by atoms with Crippen LogP contribution < -0.4 is 4.74 Å². The maximum Gasteiger partial charge on any atom is 0.416 e. The molecular formula is C26H25F3O4S. The van der Waals surface area contributed by atoms with Gasteiger partial charge in [-0.1, -0.05) is 24.3 Å². The Morgan fingerprint density at radius 3 is 2.12 bits per heavy atom. The van der Waals surface area contributed by atoms with E-state index in [9.17, 15) is 22.8 Å². The van der Waals surface area contributed by atoms with Gasteiger partial charge in [0.25, 0.3) is 0 Å². The third-order valence-electron chi connectivity index (χ3n) is 4.72. The molecule has 0 atom stereocenters. The van der Waals surface area contributed by atoms with E-state index in [0.29, 0.717) is 29.0 Å². The Labute approximate surface area is 200 Å². The predicted molar refractivity (Wildman–Crippen MR) is 125 cm³/mol. The fraction of sp³-hybridized carbons (Fsp3) is 0.308. The molecular weight excluding hydrogens is 465 g/mol. The van der Waals surface area contributed by atoms with Crippen LogP contribution in [-0.4, -0.2) is 24.0 Å². The van der Waals surface area contributed by atoms with Gasteiger partial charge in [-0.3, -0.25) is 4.79 Å². The fourth-order valence-corrected chi connectivity index (χ4v) is 4.09. The van der Waals surface area contributed by atoms with Crippen LogP contribution in [0, 0.1) is 0 Å². The van der Waals surface area contributed by atoms with Gasteiger partial charge in [0.05, 0.1) is 10.4 Å². The summed E-state index contributed by atoms with van der Waals surface area (Å²) in [6.07, 6.45) is -3.55. The number of halogens is 3. The second-order valence-corrected chi connectivity index (χ2v) is 9.77. The summed E-state index contributed by atoms with van der Waals surface area (Å²) >= 11 is 1.26. The molecule has 3 rings (SSSR count). The summed E-state index contributed by atoms with van der Waals surface area (Å²) in [5.41, 5.74) is 0.305. The Balaban J connectivity index is 1.51. The third-order valence-corrected chi connectivity index (χ3v) is 5.89. The molecule has 4 nitrogen and oxygen atoms in total. The van der Waals surface area contributed by atoms with Gasteiger partial charge in [-0.15, -0.1) is 11.3 Å². The van der Waals surface area contributed by atoms with E-state index in [2.05, 4.69) is 0 Å². The third kappa shape index (κ3) is 7.45. The van der Waals surface area contributed by atoms with Crippen molar-refractivity contribution in [2.24, 2.45) is 0 Å². The van der Waals surface area contributed by atoms with Crippen molar-refractivity contribution < 1.29 is 32.2 Å². The predicted octanol–water partition coefficient (Wildman–Crippen LogP) is 6.97. The van der Waals surface area contributed by atoms with E-state index >= 15 is 0 Å². The zero-order valence-electron chi connectivity index (χ0n) is 19.1. The van der Waals surface area contributed by atoms with Gasteiger partial charge >= 0.3 is 12.1 Å². The summed E-state index contributed by atoms with van der Waals surface area (Å²) in [6.45, 7) is 5.17. The van der Waals surface area contributed by atoms with Gasteiger partial charge in [0.1, 0.15) is 11.4 Å². The zero-order valence-corrected chi connectivity index (χ0v) is 19.9. The first-order valence-electron chi connectivity index (χ1n) is 10.6. The van der Waals surface area contributed by atoms with E-state index in [1.54, 1.807) is 45.0 Å². The Morgan fingerprint density at radius 2 is 1.53 bits per heavy atom. The number of esters is 1. The molecule has 180 valence electrons. The lowest BCUT2D eigenvalue weighted by Crippen LogP contribution is -2.27. The Hall–Kier alpha value is -3.13. The summed E-state index contributed by atoms with van der Waals surface area (Å²) < 4.78 is 48.8. The highest BCUT2D eigenvalue weighted by molar-refractivity contribution is 7.17. The first-order chi connectivity index (χ1) is 15.9. The van der Waals surface area contributed by atoms with Crippen LogP contribution in [0.2, 0.25) is 0 Å². The van der Waals surface area contributed by atoms with Crippen molar-refractivity contribution in [2.75, 3.05) is 6.61 Å². The quantitative estimate of drug-likeness (QED) is 0.253. The lowest BCUT2D eigenvalue weighted by Gasteiger charge is -2.19. The summed E-state index contributed by atoms with van der Waals surface area (Å²) in [5.74, 6) is 0.0441. The molecule has 1 aromatic heterocycles. The van der Waals surface area contributed by atoms with Gasteiger partial charge in [-0.2, -0.15) is 13.2 Å². The monoisotopic (exact) mass is 490 g/mol. The van der Waals surface area contributed by atoms with Crippen LogP contribution in [0.25, 0.3) is 10.4 Å². The van der Waals surface area contributed by atoms with E-state index in [4.69, 9.17) is 9.47 Å². The standard InChI is InChI=1S/C26H25F3O4S/c1-25(2,3)33-24(31)16-32-20-11-4-17(5-12-20)6-13-21(30)23-15-14-22(34-23)18-7-9-19(10-8-18)26(27,28)29/h4-5,7-12,14-15H,6,13,16H2,1-3H3. The lowest BCUT2D eigenvalue weighted by molar-refractivity contribution is -0.157. The molecule has 0 amide bonds. The highest BCUT2D eigenvalue weighted by Gasteiger charge is 2.30. The second kappa shape index (κ2) is 10.4. The Kier molecular flexibility index (Phi) is 7.82. The molecule has 0 unspecified atom stereocenters. The summed E-state index contributed by atoms with van der Waals surface area (Å²) in [4.78, 5) is 25.6. The maximum absolute atomic E-state index is 12.7. The Bertz CT molecular complexity index is 1120. The molecule has 0 aliphatic heterocycles. The van der Waals surface area contributed by atoms with Gasteiger partial charge in [0, 0.05) is 11.3 Å². The average Bonchev–Trinajstić information content (AvgIpc) is 3.25. The number of ketones is 1. The van der Waals surface area contributed by atoms with Crippen molar-refractivity contribution in [1.29, 1.82) is 0 Å². The van der Waals surface area contributed by atoms with Crippen LogP contribution in [0.3, 0.4) is 0 Å². The normalized spacial score (nSPS) is 11.8. The number of benzene rings is 2. The van der Waals surface area contributed by atoms with Crippen LogP contribution in [0.15, 0.2) is 60.7 Å². The molecule has 0 N–H and O–H groups in total. The molecule has 0 saturated carbocycles. The van der Waals surface area contributed by atoms with E-state index in [1.807, 2.05) is 12.1 Å². The molecule has 2 aromatic carbocycles. The smallest absolute Gasteiger partial charge is 0.416 e. The number of alkyl halides is 3. The zero-order chi connectivity index (χ0) is 24.9. The van der Waals surface area contributed by atoms with Crippen LogP contribution >= 0.6 is 11.3 Å². The maximum atomic E-state index is 12.7. The van der Waals surface area contributed by atoms with Gasteiger partial charge in [-0.25, -0.2) is 4.79 Å². The van der Waals surface area contributed by atoms with Crippen LogP contribution in [0.4, 0.5) is 13.2 Å². The number of aryl methyl sites for hydroxylation is 1. The SMILES string of the molecule is CC(C)(C)OC(=O)COc1ccc(CCC(=O)c2ccc(-c3ccc(C(F)(F)F)cc3)s2)cc1. The minimum Gasteiger partial charge on any atom is -0.482 e.